The number of carbonyl (C=O) groups excluding carboxylic acids is 1. The van der Waals surface area contributed by atoms with Gasteiger partial charge in [-0.3, -0.25) is 4.79 Å². The van der Waals surface area contributed by atoms with Crippen LogP contribution in [0.4, 0.5) is 13.2 Å². The average molecular weight is 408 g/mol. The molecular weight excluding hydrogens is 385 g/mol. The van der Waals surface area contributed by atoms with Crippen molar-refractivity contribution in [2.75, 3.05) is 6.61 Å². The molecule has 2 aromatic rings. The van der Waals surface area contributed by atoms with Crippen molar-refractivity contribution in [1.29, 1.82) is 0 Å². The highest BCUT2D eigenvalue weighted by Crippen LogP contribution is 2.38. The maximum Gasteiger partial charge on any atom is 0.416 e. The molecule has 29 heavy (non-hydrogen) atoms. The second-order valence-corrected chi connectivity index (χ2v) is 6.86. The molecule has 0 radical (unpaired) electrons. The molecule has 0 aliphatic heterocycles. The highest BCUT2D eigenvalue weighted by atomic mass is 19.4. The standard InChI is InChI=1S/C22H23F3O4/c1-3-4-5-17(26)11-15-6-8-18(14(2)10-15)19-12-16(22(23,24)25)7-9-20(19)29-13-21(27)28/h6-10,12H,3-5,11,13H2,1-2H3,(H,27,28). The molecule has 2 rings (SSSR count). The first kappa shape index (κ1) is 22.5. The number of carboxylic acid groups (broad SMARTS) is 1. The Morgan fingerprint density at radius 3 is 2.38 bits per heavy atom. The van der Waals surface area contributed by atoms with Crippen molar-refractivity contribution in [2.24, 2.45) is 0 Å². The first-order valence-corrected chi connectivity index (χ1v) is 9.29. The van der Waals surface area contributed by atoms with Crippen LogP contribution in [0.1, 0.15) is 42.9 Å². The van der Waals surface area contributed by atoms with E-state index in [1.807, 2.05) is 6.92 Å². The predicted molar refractivity (Wildman–Crippen MR) is 103 cm³/mol. The molecule has 2 aromatic carbocycles. The van der Waals surface area contributed by atoms with E-state index >= 15 is 0 Å². The Morgan fingerprint density at radius 2 is 1.79 bits per heavy atom. The van der Waals surface area contributed by atoms with E-state index < -0.39 is 24.3 Å². The summed E-state index contributed by atoms with van der Waals surface area (Å²) in [6, 6.07) is 8.04. The van der Waals surface area contributed by atoms with Crippen LogP contribution < -0.4 is 4.74 Å². The summed E-state index contributed by atoms with van der Waals surface area (Å²) in [7, 11) is 0. The first-order chi connectivity index (χ1) is 13.6. The number of hydrogen-bond donors (Lipinski definition) is 1. The number of rotatable bonds is 9. The second-order valence-electron chi connectivity index (χ2n) is 6.86. The van der Waals surface area contributed by atoms with E-state index in [1.54, 1.807) is 25.1 Å². The molecule has 0 aliphatic rings. The van der Waals surface area contributed by atoms with Crippen molar-refractivity contribution in [1.82, 2.24) is 0 Å². The Labute approximate surface area is 167 Å². The maximum atomic E-state index is 13.2. The molecule has 7 heteroatoms. The van der Waals surface area contributed by atoms with Crippen LogP contribution in [-0.2, 0) is 22.2 Å². The lowest BCUT2D eigenvalue weighted by molar-refractivity contribution is -0.140. The predicted octanol–water partition coefficient (Wildman–Crippen LogP) is 5.45. The summed E-state index contributed by atoms with van der Waals surface area (Å²) in [5.74, 6) is -1.06. The fourth-order valence-electron chi connectivity index (χ4n) is 3.01. The fraction of sp³-hybridized carbons (Fsp3) is 0.364. The summed E-state index contributed by atoms with van der Waals surface area (Å²) in [5, 5.41) is 8.82. The smallest absolute Gasteiger partial charge is 0.416 e. The molecule has 0 unspecified atom stereocenters. The molecule has 4 nitrogen and oxygen atoms in total. The van der Waals surface area contributed by atoms with Crippen LogP contribution in [-0.4, -0.2) is 23.5 Å². The minimum Gasteiger partial charge on any atom is -0.481 e. The number of benzene rings is 2. The van der Waals surface area contributed by atoms with Gasteiger partial charge < -0.3 is 9.84 Å². The maximum absolute atomic E-state index is 13.2. The van der Waals surface area contributed by atoms with Crippen molar-refractivity contribution in [3.05, 3.63) is 53.1 Å². The zero-order valence-corrected chi connectivity index (χ0v) is 16.3. The fourth-order valence-corrected chi connectivity index (χ4v) is 3.01. The van der Waals surface area contributed by atoms with Crippen molar-refractivity contribution in [2.45, 2.75) is 45.7 Å². The molecule has 0 aromatic heterocycles. The monoisotopic (exact) mass is 408 g/mol. The zero-order valence-electron chi connectivity index (χ0n) is 16.3. The van der Waals surface area contributed by atoms with Crippen LogP contribution in [0.15, 0.2) is 36.4 Å². The van der Waals surface area contributed by atoms with E-state index in [-0.39, 0.29) is 23.5 Å². The molecule has 1 N–H and O–H groups in total. The number of halogens is 3. The number of aryl methyl sites for hydroxylation is 1. The van der Waals surface area contributed by atoms with Gasteiger partial charge in [-0.25, -0.2) is 4.79 Å². The minimum absolute atomic E-state index is 0.0512. The van der Waals surface area contributed by atoms with Crippen LogP contribution in [0.2, 0.25) is 0 Å². The molecule has 0 heterocycles. The Bertz CT molecular complexity index is 888. The molecule has 0 spiro atoms. The third-order valence-electron chi connectivity index (χ3n) is 4.45. The number of carboxylic acids is 1. The van der Waals surface area contributed by atoms with E-state index in [0.717, 1.165) is 36.6 Å². The minimum atomic E-state index is -4.54. The van der Waals surface area contributed by atoms with Crippen LogP contribution >= 0.6 is 0 Å². The van der Waals surface area contributed by atoms with Gasteiger partial charge in [0.2, 0.25) is 0 Å². The van der Waals surface area contributed by atoms with E-state index in [0.29, 0.717) is 17.5 Å². The molecule has 0 aliphatic carbocycles. The zero-order chi connectivity index (χ0) is 21.6. The van der Waals surface area contributed by atoms with Crippen molar-refractivity contribution < 1.29 is 32.6 Å². The Morgan fingerprint density at radius 1 is 1.07 bits per heavy atom. The van der Waals surface area contributed by atoms with Crippen LogP contribution in [0.3, 0.4) is 0 Å². The molecule has 0 bridgehead atoms. The highest BCUT2D eigenvalue weighted by Gasteiger charge is 2.31. The summed E-state index contributed by atoms with van der Waals surface area (Å²) in [4.78, 5) is 22.8. The summed E-state index contributed by atoms with van der Waals surface area (Å²) in [6.07, 6.45) is -2.02. The Balaban J connectivity index is 2.40. The molecule has 156 valence electrons. The lowest BCUT2D eigenvalue weighted by Gasteiger charge is -2.16. The third kappa shape index (κ3) is 6.34. The van der Waals surface area contributed by atoms with Crippen molar-refractivity contribution in [3.8, 4) is 16.9 Å². The van der Waals surface area contributed by atoms with Gasteiger partial charge in [0.25, 0.3) is 0 Å². The van der Waals surface area contributed by atoms with Crippen LogP contribution in [0.25, 0.3) is 11.1 Å². The highest BCUT2D eigenvalue weighted by molar-refractivity contribution is 5.81. The lowest BCUT2D eigenvalue weighted by atomic mass is 9.94. The quantitative estimate of drug-likeness (QED) is 0.600. The van der Waals surface area contributed by atoms with Gasteiger partial charge in [-0.2, -0.15) is 13.2 Å². The number of ether oxygens (including phenoxy) is 1. The Kier molecular flexibility index (Phi) is 7.42. The number of alkyl halides is 3. The van der Waals surface area contributed by atoms with Crippen LogP contribution in [0, 0.1) is 6.92 Å². The van der Waals surface area contributed by atoms with Gasteiger partial charge in [0.1, 0.15) is 11.5 Å². The van der Waals surface area contributed by atoms with E-state index in [4.69, 9.17) is 9.84 Å². The number of aliphatic carboxylic acids is 1. The number of carbonyl (C=O) groups is 2. The molecule has 0 fully saturated rings. The number of unbranched alkanes of at least 4 members (excludes halogenated alkanes) is 1. The summed E-state index contributed by atoms with van der Waals surface area (Å²) in [5.41, 5.74) is 1.25. The van der Waals surface area contributed by atoms with Gasteiger partial charge in [0.15, 0.2) is 6.61 Å². The molecular formula is C22H23F3O4. The van der Waals surface area contributed by atoms with Crippen molar-refractivity contribution in [3.63, 3.8) is 0 Å². The van der Waals surface area contributed by atoms with Gasteiger partial charge >= 0.3 is 12.1 Å². The number of Topliss-reactive ketones (excluding diaryl/α,β-unsaturated/α-hetero) is 1. The van der Waals surface area contributed by atoms with Gasteiger partial charge in [-0.15, -0.1) is 0 Å². The molecule has 0 atom stereocenters. The average Bonchev–Trinajstić information content (AvgIpc) is 2.64. The van der Waals surface area contributed by atoms with Gasteiger partial charge in [-0.1, -0.05) is 31.5 Å². The van der Waals surface area contributed by atoms with E-state index in [2.05, 4.69) is 0 Å². The number of hydrogen-bond acceptors (Lipinski definition) is 3. The number of ketones is 1. The van der Waals surface area contributed by atoms with E-state index in [9.17, 15) is 22.8 Å². The van der Waals surface area contributed by atoms with Gasteiger partial charge in [-0.05, 0) is 48.2 Å². The second kappa shape index (κ2) is 9.58. The van der Waals surface area contributed by atoms with Crippen molar-refractivity contribution >= 4 is 11.8 Å². The largest absolute Gasteiger partial charge is 0.481 e. The normalized spacial score (nSPS) is 11.3. The van der Waals surface area contributed by atoms with E-state index in [1.165, 1.54) is 0 Å². The lowest BCUT2D eigenvalue weighted by Crippen LogP contribution is -2.11. The summed E-state index contributed by atoms with van der Waals surface area (Å²) >= 11 is 0. The summed E-state index contributed by atoms with van der Waals surface area (Å²) < 4.78 is 44.7. The van der Waals surface area contributed by atoms with Gasteiger partial charge in [0, 0.05) is 18.4 Å². The molecule has 0 saturated heterocycles. The molecule has 0 saturated carbocycles. The third-order valence-corrected chi connectivity index (χ3v) is 4.45. The SMILES string of the molecule is CCCCC(=O)Cc1ccc(-c2cc(C(F)(F)F)ccc2OCC(=O)O)c(C)c1. The topological polar surface area (TPSA) is 63.6 Å². The molecule has 0 amide bonds. The first-order valence-electron chi connectivity index (χ1n) is 9.29. The van der Waals surface area contributed by atoms with Crippen LogP contribution in [0.5, 0.6) is 5.75 Å². The van der Waals surface area contributed by atoms with Gasteiger partial charge in [0.05, 0.1) is 5.56 Å². The summed E-state index contributed by atoms with van der Waals surface area (Å²) in [6.45, 7) is 3.07. The Hall–Kier alpha value is -2.83.